The van der Waals surface area contributed by atoms with Gasteiger partial charge in [0, 0.05) is 0 Å². The zero-order valence-corrected chi connectivity index (χ0v) is 32.3. The largest absolute Gasteiger partial charge is 0.481 e. The third kappa shape index (κ3) is 17.9. The highest BCUT2D eigenvalue weighted by atomic mass is 32.2. The van der Waals surface area contributed by atoms with Crippen LogP contribution < -0.4 is 0 Å². The molecule has 4 rings (SSSR count). The van der Waals surface area contributed by atoms with Gasteiger partial charge in [-0.05, 0) is 22.3 Å². The molecule has 0 amide bonds. The second-order valence-electron chi connectivity index (χ2n) is 11.5. The first-order valence-corrected chi connectivity index (χ1v) is 18.7. The molecular formula is C41H47NO13S. The van der Waals surface area contributed by atoms with Crippen LogP contribution in [0, 0.1) is 11.3 Å². The van der Waals surface area contributed by atoms with E-state index in [1.165, 1.54) is 21.3 Å². The van der Waals surface area contributed by atoms with Gasteiger partial charge in [-0.1, -0.05) is 121 Å². The molecule has 300 valence electrons. The minimum Gasteiger partial charge on any atom is -0.481 e. The lowest BCUT2D eigenvalue weighted by atomic mass is 9.97. The minimum absolute atomic E-state index is 0.149. The Balaban J connectivity index is 0.000000376. The SMILES string of the molecule is COC(=O)C(CC#N)c1ccccc1.COC(=O)C(CO)c1ccccc1.COC(=O)C(COS(C)(=O)=O)c1ccccc1.O=C(O)C(CO)c1ccccc1. The molecule has 0 heterocycles. The smallest absolute Gasteiger partial charge is 0.315 e. The van der Waals surface area contributed by atoms with E-state index in [1.54, 1.807) is 72.8 Å². The second kappa shape index (κ2) is 26.8. The Kier molecular flexibility index (Phi) is 23.0. The molecule has 0 aliphatic carbocycles. The van der Waals surface area contributed by atoms with Crippen molar-refractivity contribution < 1.29 is 61.3 Å². The number of hydrogen-bond acceptors (Lipinski definition) is 13. The average Bonchev–Trinajstić information content (AvgIpc) is 3.21. The van der Waals surface area contributed by atoms with Crippen molar-refractivity contribution in [1.29, 1.82) is 5.26 Å². The van der Waals surface area contributed by atoms with Crippen molar-refractivity contribution in [3.8, 4) is 6.07 Å². The van der Waals surface area contributed by atoms with Crippen molar-refractivity contribution in [2.45, 2.75) is 30.1 Å². The highest BCUT2D eigenvalue weighted by Gasteiger charge is 2.24. The predicted molar refractivity (Wildman–Crippen MR) is 206 cm³/mol. The second-order valence-corrected chi connectivity index (χ2v) is 13.1. The zero-order valence-electron chi connectivity index (χ0n) is 31.5. The standard InChI is InChI=1S/C11H11NO2.C11H14O5S.C10H12O3.C9H10O3/c1-14-11(13)10(7-8-12)9-5-3-2-4-6-9;1-15-11(12)10(8-16-17(2,13)14)9-6-4-3-5-7-9;1-13-10(12)9(7-11)8-5-3-2-4-6-8;10-6-8(9(11)12)7-4-2-1-3-5-7/h2-6,10H,7H2,1H3;3-7,10H,8H2,1-2H3;2-6,9,11H,7H2,1H3;1-5,8,10H,6H2,(H,11,12). The lowest BCUT2D eigenvalue weighted by Crippen LogP contribution is -2.21. The predicted octanol–water partition coefficient (Wildman–Crippen LogP) is 4.56. The molecule has 4 aromatic rings. The summed E-state index contributed by atoms with van der Waals surface area (Å²) in [4.78, 5) is 44.6. The van der Waals surface area contributed by atoms with Crippen molar-refractivity contribution in [2.75, 3.05) is 47.4 Å². The van der Waals surface area contributed by atoms with Gasteiger partial charge >= 0.3 is 23.9 Å². The molecule has 0 radical (unpaired) electrons. The van der Waals surface area contributed by atoms with Gasteiger partial charge in [0.15, 0.2) is 0 Å². The van der Waals surface area contributed by atoms with Gasteiger partial charge < -0.3 is 29.5 Å². The van der Waals surface area contributed by atoms with Crippen LogP contribution in [0.3, 0.4) is 0 Å². The molecule has 56 heavy (non-hydrogen) atoms. The normalized spacial score (nSPS) is 12.3. The van der Waals surface area contributed by atoms with E-state index in [0.717, 1.165) is 17.4 Å². The van der Waals surface area contributed by atoms with Crippen LogP contribution in [-0.4, -0.2) is 95.0 Å². The molecule has 15 heteroatoms. The third-order valence-electron chi connectivity index (χ3n) is 7.67. The van der Waals surface area contributed by atoms with Gasteiger partial charge in [0.1, 0.15) is 17.8 Å². The fourth-order valence-corrected chi connectivity index (χ4v) is 5.11. The summed E-state index contributed by atoms with van der Waals surface area (Å²) in [5.41, 5.74) is 2.88. The summed E-state index contributed by atoms with van der Waals surface area (Å²) in [7, 11) is 0.314. The van der Waals surface area contributed by atoms with Crippen LogP contribution in [0.25, 0.3) is 0 Å². The number of aliphatic hydroxyl groups is 2. The molecule has 4 aromatic carbocycles. The number of aliphatic hydroxyl groups excluding tert-OH is 2. The number of nitrogens with zero attached hydrogens (tertiary/aromatic N) is 1. The number of ether oxygens (including phenoxy) is 3. The van der Waals surface area contributed by atoms with Crippen molar-refractivity contribution in [3.05, 3.63) is 144 Å². The lowest BCUT2D eigenvalue weighted by molar-refractivity contribution is -0.144. The highest BCUT2D eigenvalue weighted by Crippen LogP contribution is 2.21. The van der Waals surface area contributed by atoms with Crippen molar-refractivity contribution in [1.82, 2.24) is 0 Å². The number of esters is 3. The quantitative estimate of drug-likeness (QED) is 0.0905. The number of benzene rings is 4. The topological polar surface area (TPSA) is 224 Å². The maximum atomic E-state index is 11.5. The number of carbonyl (C=O) groups is 4. The number of carboxylic acids is 1. The molecule has 0 spiro atoms. The summed E-state index contributed by atoms with van der Waals surface area (Å²) in [6, 6.07) is 37.7. The molecular weight excluding hydrogens is 747 g/mol. The number of carbonyl (C=O) groups excluding carboxylic acids is 3. The third-order valence-corrected chi connectivity index (χ3v) is 8.24. The van der Waals surface area contributed by atoms with Gasteiger partial charge in [-0.2, -0.15) is 13.7 Å². The summed E-state index contributed by atoms with van der Waals surface area (Å²) in [5, 5.41) is 35.0. The molecule has 0 fully saturated rings. The number of aliphatic carboxylic acids is 1. The molecule has 3 N–H and O–H groups in total. The first kappa shape index (κ1) is 48.1. The van der Waals surface area contributed by atoms with E-state index in [1.807, 2.05) is 54.6 Å². The number of nitriles is 1. The molecule has 0 bridgehead atoms. The van der Waals surface area contributed by atoms with Crippen LogP contribution in [0.15, 0.2) is 121 Å². The molecule has 0 aliphatic heterocycles. The van der Waals surface area contributed by atoms with Crippen LogP contribution in [0.4, 0.5) is 0 Å². The van der Waals surface area contributed by atoms with Crippen LogP contribution >= 0.6 is 0 Å². The number of rotatable bonds is 14. The summed E-state index contributed by atoms with van der Waals surface area (Å²) in [6.45, 7) is -0.842. The summed E-state index contributed by atoms with van der Waals surface area (Å²) in [6.07, 6.45) is 1.09. The highest BCUT2D eigenvalue weighted by molar-refractivity contribution is 7.85. The molecule has 0 saturated heterocycles. The van der Waals surface area contributed by atoms with E-state index in [0.29, 0.717) is 11.1 Å². The zero-order chi connectivity index (χ0) is 41.9. The van der Waals surface area contributed by atoms with Crippen LogP contribution in [0.2, 0.25) is 0 Å². The van der Waals surface area contributed by atoms with E-state index in [9.17, 15) is 27.6 Å². The van der Waals surface area contributed by atoms with E-state index < -0.39 is 51.7 Å². The monoisotopic (exact) mass is 793 g/mol. The molecule has 0 aliphatic rings. The van der Waals surface area contributed by atoms with Crippen molar-refractivity contribution in [2.24, 2.45) is 0 Å². The van der Waals surface area contributed by atoms with E-state index in [4.69, 9.17) is 20.6 Å². The number of hydrogen-bond donors (Lipinski definition) is 3. The molecule has 14 nitrogen and oxygen atoms in total. The summed E-state index contributed by atoms with van der Waals surface area (Å²) >= 11 is 0. The molecule has 0 aromatic heterocycles. The van der Waals surface area contributed by atoms with Gasteiger partial charge in [-0.25, -0.2) is 0 Å². The van der Waals surface area contributed by atoms with Gasteiger partial charge in [0.25, 0.3) is 10.1 Å². The van der Waals surface area contributed by atoms with Crippen LogP contribution in [-0.2, 0) is 47.7 Å². The molecule has 0 saturated carbocycles. The average molecular weight is 794 g/mol. The summed E-state index contributed by atoms with van der Waals surface area (Å²) in [5.74, 6) is -4.87. The van der Waals surface area contributed by atoms with Crippen molar-refractivity contribution >= 4 is 34.0 Å². The van der Waals surface area contributed by atoms with Gasteiger partial charge in [-0.3, -0.25) is 23.4 Å². The number of methoxy groups -OCH3 is 3. The first-order valence-electron chi connectivity index (χ1n) is 16.9. The Bertz CT molecular complexity index is 1890. The van der Waals surface area contributed by atoms with Crippen molar-refractivity contribution in [3.63, 3.8) is 0 Å². The maximum Gasteiger partial charge on any atom is 0.315 e. The fourth-order valence-electron chi connectivity index (χ4n) is 4.73. The summed E-state index contributed by atoms with van der Waals surface area (Å²) < 4.78 is 40.3. The lowest BCUT2D eigenvalue weighted by Gasteiger charge is -2.14. The van der Waals surface area contributed by atoms with E-state index in [-0.39, 0.29) is 32.2 Å². The Hall–Kier alpha value is -5.92. The Morgan fingerprint density at radius 1 is 0.571 bits per heavy atom. The number of carboxylic acid groups (broad SMARTS) is 1. The fraction of sp³-hybridized carbons (Fsp3) is 0.293. The minimum atomic E-state index is -3.58. The first-order chi connectivity index (χ1) is 26.8. The van der Waals surface area contributed by atoms with Crippen LogP contribution in [0.5, 0.6) is 0 Å². The van der Waals surface area contributed by atoms with E-state index >= 15 is 0 Å². The molecule has 4 atom stereocenters. The van der Waals surface area contributed by atoms with Gasteiger partial charge in [0.05, 0.1) is 65.8 Å². The Labute approximate surface area is 327 Å². The Morgan fingerprint density at radius 2 is 0.875 bits per heavy atom. The van der Waals surface area contributed by atoms with E-state index in [2.05, 4.69) is 18.4 Å². The Morgan fingerprint density at radius 3 is 1.18 bits per heavy atom. The van der Waals surface area contributed by atoms with Gasteiger partial charge in [0.2, 0.25) is 0 Å². The maximum absolute atomic E-state index is 11.5. The molecule has 4 unspecified atom stereocenters. The van der Waals surface area contributed by atoms with Gasteiger partial charge in [-0.15, -0.1) is 0 Å². The van der Waals surface area contributed by atoms with Crippen LogP contribution in [0.1, 0.15) is 52.3 Å².